The van der Waals surface area contributed by atoms with E-state index >= 15 is 0 Å². The van der Waals surface area contributed by atoms with Crippen LogP contribution in [-0.2, 0) is 11.3 Å². The van der Waals surface area contributed by atoms with Crippen LogP contribution in [0.5, 0.6) is 0 Å². The minimum Gasteiger partial charge on any atom is -0.480 e. The lowest BCUT2D eigenvalue weighted by Crippen LogP contribution is -2.11. The molecule has 0 fully saturated rings. The zero-order valence-corrected chi connectivity index (χ0v) is 5.48. The fourth-order valence-corrected chi connectivity index (χ4v) is 0.593. The summed E-state index contributed by atoms with van der Waals surface area (Å²) in [5, 5.41) is 15.4. The topological polar surface area (TPSA) is 68.0 Å². The molecule has 5 heteroatoms. The van der Waals surface area contributed by atoms with Crippen molar-refractivity contribution in [3.8, 4) is 0 Å². The van der Waals surface area contributed by atoms with Crippen LogP contribution < -0.4 is 0 Å². The van der Waals surface area contributed by atoms with Crippen LogP contribution in [0, 0.1) is 6.92 Å². The second-order valence-corrected chi connectivity index (χ2v) is 1.93. The number of carboxylic acids is 1. The molecule has 0 aliphatic carbocycles. The van der Waals surface area contributed by atoms with Gasteiger partial charge in [0.25, 0.3) is 0 Å². The molecule has 0 saturated carbocycles. The average Bonchev–Trinajstić information content (AvgIpc) is 2.15. The molecule has 1 N–H and O–H groups in total. The molecule has 0 spiro atoms. The molecule has 1 heterocycles. The van der Waals surface area contributed by atoms with E-state index in [9.17, 15) is 4.79 Å². The third-order valence-corrected chi connectivity index (χ3v) is 1.10. The molecule has 1 aromatic rings. The number of hydrogen-bond donors (Lipinski definition) is 1. The first-order valence-electron chi connectivity index (χ1n) is 2.77. The second-order valence-electron chi connectivity index (χ2n) is 1.93. The maximum atomic E-state index is 10.1. The van der Waals surface area contributed by atoms with Crippen molar-refractivity contribution in [1.29, 1.82) is 0 Å². The first-order chi connectivity index (χ1) is 4.70. The summed E-state index contributed by atoms with van der Waals surface area (Å²) in [5.41, 5.74) is 0.752. The lowest BCUT2D eigenvalue weighted by molar-refractivity contribution is -0.137. The van der Waals surface area contributed by atoms with Gasteiger partial charge in [0, 0.05) is 0 Å². The van der Waals surface area contributed by atoms with Crippen LogP contribution in [0.2, 0.25) is 0 Å². The van der Waals surface area contributed by atoms with Gasteiger partial charge in [0.2, 0.25) is 0 Å². The van der Waals surface area contributed by atoms with E-state index in [1.54, 1.807) is 6.92 Å². The van der Waals surface area contributed by atoms with Crippen molar-refractivity contribution >= 4 is 5.97 Å². The van der Waals surface area contributed by atoms with E-state index < -0.39 is 5.97 Å². The monoisotopic (exact) mass is 141 g/mol. The standard InChI is InChI=1S/C5H7N3O2/c1-4-2-6-7-8(4)3-5(9)10/h2H,3H2,1H3,(H,9,10). The van der Waals surface area contributed by atoms with Crippen molar-refractivity contribution in [2.24, 2.45) is 0 Å². The predicted molar refractivity (Wildman–Crippen MR) is 32.4 cm³/mol. The fraction of sp³-hybridized carbons (Fsp3) is 0.400. The smallest absolute Gasteiger partial charge is 0.325 e. The minimum atomic E-state index is -0.909. The molecule has 0 aliphatic rings. The zero-order chi connectivity index (χ0) is 7.56. The van der Waals surface area contributed by atoms with Crippen molar-refractivity contribution in [2.45, 2.75) is 13.5 Å². The number of hydrogen-bond acceptors (Lipinski definition) is 3. The van der Waals surface area contributed by atoms with Gasteiger partial charge in [0.05, 0.1) is 11.9 Å². The number of aromatic nitrogens is 3. The Morgan fingerprint density at radius 2 is 2.60 bits per heavy atom. The molecular weight excluding hydrogens is 134 g/mol. The minimum absolute atomic E-state index is 0.119. The zero-order valence-electron chi connectivity index (χ0n) is 5.48. The maximum Gasteiger partial charge on any atom is 0.325 e. The largest absolute Gasteiger partial charge is 0.480 e. The van der Waals surface area contributed by atoms with E-state index in [2.05, 4.69) is 10.3 Å². The Labute approximate surface area is 57.3 Å². The van der Waals surface area contributed by atoms with Crippen LogP contribution in [0.3, 0.4) is 0 Å². The highest BCUT2D eigenvalue weighted by Gasteiger charge is 2.01. The molecule has 0 bridgehead atoms. The quantitative estimate of drug-likeness (QED) is 0.612. The number of rotatable bonds is 2. The fourth-order valence-electron chi connectivity index (χ4n) is 0.593. The van der Waals surface area contributed by atoms with Gasteiger partial charge in [-0.05, 0) is 6.92 Å². The van der Waals surface area contributed by atoms with Gasteiger partial charge in [0.1, 0.15) is 6.54 Å². The van der Waals surface area contributed by atoms with Crippen LogP contribution in [-0.4, -0.2) is 26.1 Å². The van der Waals surface area contributed by atoms with Crippen LogP contribution in [0.4, 0.5) is 0 Å². The molecule has 0 unspecified atom stereocenters. The van der Waals surface area contributed by atoms with Crippen LogP contribution in [0.15, 0.2) is 6.20 Å². The van der Waals surface area contributed by atoms with Crippen molar-refractivity contribution in [3.63, 3.8) is 0 Å². The molecule has 0 amide bonds. The van der Waals surface area contributed by atoms with Gasteiger partial charge >= 0.3 is 5.97 Å². The summed E-state index contributed by atoms with van der Waals surface area (Å²) in [4.78, 5) is 10.1. The number of aryl methyl sites for hydroxylation is 1. The summed E-state index contributed by atoms with van der Waals surface area (Å²) in [6, 6.07) is 0. The van der Waals surface area contributed by atoms with Gasteiger partial charge in [-0.3, -0.25) is 4.79 Å². The van der Waals surface area contributed by atoms with Crippen molar-refractivity contribution < 1.29 is 9.90 Å². The lowest BCUT2D eigenvalue weighted by Gasteiger charge is -1.95. The third kappa shape index (κ3) is 1.31. The third-order valence-electron chi connectivity index (χ3n) is 1.10. The predicted octanol–water partition coefficient (Wildman–Crippen LogP) is -0.329. The van der Waals surface area contributed by atoms with Gasteiger partial charge < -0.3 is 5.11 Å². The molecular formula is C5H7N3O2. The van der Waals surface area contributed by atoms with Crippen LogP contribution >= 0.6 is 0 Å². The summed E-state index contributed by atoms with van der Waals surface area (Å²) in [6.45, 7) is 1.63. The summed E-state index contributed by atoms with van der Waals surface area (Å²) >= 11 is 0. The van der Waals surface area contributed by atoms with Gasteiger partial charge in [-0.1, -0.05) is 5.21 Å². The maximum absolute atomic E-state index is 10.1. The molecule has 0 radical (unpaired) electrons. The summed E-state index contributed by atoms with van der Waals surface area (Å²) in [5.74, 6) is -0.909. The van der Waals surface area contributed by atoms with Crippen molar-refractivity contribution in [3.05, 3.63) is 11.9 Å². The van der Waals surface area contributed by atoms with Crippen LogP contribution in [0.1, 0.15) is 5.69 Å². The SMILES string of the molecule is Cc1cnnn1CC(=O)O. The molecule has 5 nitrogen and oxygen atoms in total. The number of nitrogens with zero attached hydrogens (tertiary/aromatic N) is 3. The van der Waals surface area contributed by atoms with Gasteiger partial charge in [-0.15, -0.1) is 5.10 Å². The number of carboxylic acid groups (broad SMARTS) is 1. The second kappa shape index (κ2) is 2.47. The average molecular weight is 141 g/mol. The van der Waals surface area contributed by atoms with E-state index in [0.717, 1.165) is 5.69 Å². The molecule has 0 saturated heterocycles. The first kappa shape index (κ1) is 6.73. The van der Waals surface area contributed by atoms with Gasteiger partial charge in [-0.25, -0.2) is 4.68 Å². The Bertz CT molecular complexity index is 243. The highest BCUT2D eigenvalue weighted by Crippen LogP contribution is 1.90. The molecule has 1 rings (SSSR count). The Balaban J connectivity index is 2.74. The molecule has 1 aromatic heterocycles. The number of aliphatic carboxylic acids is 1. The first-order valence-corrected chi connectivity index (χ1v) is 2.77. The molecule has 54 valence electrons. The Morgan fingerprint density at radius 3 is 3.00 bits per heavy atom. The van der Waals surface area contributed by atoms with Crippen LogP contribution in [0.25, 0.3) is 0 Å². The Hall–Kier alpha value is -1.39. The molecule has 0 aromatic carbocycles. The highest BCUT2D eigenvalue weighted by atomic mass is 16.4. The lowest BCUT2D eigenvalue weighted by atomic mass is 10.5. The molecule has 10 heavy (non-hydrogen) atoms. The molecule has 0 atom stereocenters. The van der Waals surface area contributed by atoms with E-state index in [0.29, 0.717) is 0 Å². The van der Waals surface area contributed by atoms with Gasteiger partial charge in [0.15, 0.2) is 0 Å². The summed E-state index contributed by atoms with van der Waals surface area (Å²) in [6.07, 6.45) is 1.52. The number of carbonyl (C=O) groups is 1. The van der Waals surface area contributed by atoms with E-state index in [1.807, 2.05) is 0 Å². The highest BCUT2D eigenvalue weighted by molar-refractivity contribution is 5.66. The van der Waals surface area contributed by atoms with E-state index in [-0.39, 0.29) is 6.54 Å². The van der Waals surface area contributed by atoms with Gasteiger partial charge in [-0.2, -0.15) is 0 Å². The normalized spacial score (nSPS) is 9.70. The Morgan fingerprint density at radius 1 is 1.90 bits per heavy atom. The van der Waals surface area contributed by atoms with Crippen molar-refractivity contribution in [1.82, 2.24) is 15.0 Å². The summed E-state index contributed by atoms with van der Waals surface area (Å²) < 4.78 is 1.32. The van der Waals surface area contributed by atoms with E-state index in [4.69, 9.17) is 5.11 Å². The van der Waals surface area contributed by atoms with Crippen molar-refractivity contribution in [2.75, 3.05) is 0 Å². The summed E-state index contributed by atoms with van der Waals surface area (Å²) in [7, 11) is 0. The Kier molecular flexibility index (Phi) is 1.66. The van der Waals surface area contributed by atoms with E-state index in [1.165, 1.54) is 10.9 Å². The molecule has 0 aliphatic heterocycles.